The summed E-state index contributed by atoms with van der Waals surface area (Å²) >= 11 is 12.8. The van der Waals surface area contributed by atoms with Gasteiger partial charge in [-0.15, -0.1) is 23.2 Å². The Morgan fingerprint density at radius 1 is 1.06 bits per heavy atom. The molecule has 4 atom stereocenters. The van der Waals surface area contributed by atoms with Crippen LogP contribution in [0.4, 0.5) is 0 Å². The number of rotatable bonds is 0. The summed E-state index contributed by atoms with van der Waals surface area (Å²) in [6.07, 6.45) is 0.979. The molecule has 1 saturated carbocycles. The smallest absolute Gasteiger partial charge is 0.231 e. The molecular formula is C12H10Cl2O2. The van der Waals surface area contributed by atoms with Crippen LogP contribution in [0.1, 0.15) is 29.4 Å². The van der Waals surface area contributed by atoms with Gasteiger partial charge in [-0.05, 0) is 29.7 Å². The fourth-order valence-electron chi connectivity index (χ4n) is 3.22. The molecular weight excluding hydrogens is 247 g/mol. The van der Waals surface area contributed by atoms with Crippen LogP contribution in [-0.4, -0.2) is 17.5 Å². The molecule has 3 aliphatic rings. The van der Waals surface area contributed by atoms with Gasteiger partial charge in [0.15, 0.2) is 11.5 Å². The third kappa shape index (κ3) is 1.000. The van der Waals surface area contributed by atoms with Gasteiger partial charge in [0.2, 0.25) is 6.79 Å². The van der Waals surface area contributed by atoms with Crippen LogP contribution in [-0.2, 0) is 0 Å². The van der Waals surface area contributed by atoms with Gasteiger partial charge in [-0.1, -0.05) is 0 Å². The van der Waals surface area contributed by atoms with Crippen LogP contribution in [0.2, 0.25) is 0 Å². The molecule has 4 unspecified atom stereocenters. The lowest BCUT2D eigenvalue weighted by molar-refractivity contribution is 0.174. The Hall–Kier alpha value is -0.600. The number of halogens is 2. The normalized spacial score (nSPS) is 37.9. The van der Waals surface area contributed by atoms with E-state index in [9.17, 15) is 0 Å². The highest BCUT2D eigenvalue weighted by atomic mass is 35.5. The number of benzene rings is 1. The summed E-state index contributed by atoms with van der Waals surface area (Å²) in [6, 6.07) is 4.15. The first-order valence-corrected chi connectivity index (χ1v) is 6.34. The second kappa shape index (κ2) is 2.99. The summed E-state index contributed by atoms with van der Waals surface area (Å²) in [5.74, 6) is 2.34. The number of fused-ring (bicyclic) bond motifs is 6. The van der Waals surface area contributed by atoms with Gasteiger partial charge >= 0.3 is 0 Å². The Labute approximate surface area is 103 Å². The zero-order valence-electron chi connectivity index (χ0n) is 8.45. The molecule has 2 nitrogen and oxygen atoms in total. The van der Waals surface area contributed by atoms with E-state index < -0.39 is 0 Å². The molecule has 4 rings (SSSR count). The van der Waals surface area contributed by atoms with Crippen molar-refractivity contribution in [1.82, 2.24) is 0 Å². The topological polar surface area (TPSA) is 18.5 Å². The fraction of sp³-hybridized carbons (Fsp3) is 0.500. The molecule has 0 saturated heterocycles. The maximum absolute atomic E-state index is 6.44. The molecule has 2 aliphatic carbocycles. The van der Waals surface area contributed by atoms with Crippen LogP contribution in [0.25, 0.3) is 0 Å². The summed E-state index contributed by atoms with van der Waals surface area (Å²) in [4.78, 5) is 0. The first-order valence-electron chi connectivity index (χ1n) is 5.47. The van der Waals surface area contributed by atoms with E-state index in [4.69, 9.17) is 32.7 Å². The quantitative estimate of drug-likeness (QED) is 0.664. The second-order valence-corrected chi connectivity index (χ2v) is 5.73. The molecule has 2 bridgehead atoms. The van der Waals surface area contributed by atoms with Crippen molar-refractivity contribution in [2.24, 2.45) is 0 Å². The molecule has 16 heavy (non-hydrogen) atoms. The standard InChI is InChI=1S/C12H10Cl2O2/c13-8-1-7-5-2-9-10(16-4-15-9)3-6(5)11(8)12(7)14/h2-3,7-8,11-12H,1,4H2. The van der Waals surface area contributed by atoms with Gasteiger partial charge in [-0.2, -0.15) is 0 Å². The van der Waals surface area contributed by atoms with Gasteiger partial charge in [0.1, 0.15) is 0 Å². The number of alkyl halides is 2. The van der Waals surface area contributed by atoms with Gasteiger partial charge in [0.25, 0.3) is 0 Å². The van der Waals surface area contributed by atoms with Crippen molar-refractivity contribution in [3.63, 3.8) is 0 Å². The Morgan fingerprint density at radius 2 is 1.75 bits per heavy atom. The monoisotopic (exact) mass is 256 g/mol. The van der Waals surface area contributed by atoms with E-state index in [1.165, 1.54) is 11.1 Å². The molecule has 1 aromatic rings. The van der Waals surface area contributed by atoms with Gasteiger partial charge in [0, 0.05) is 22.6 Å². The molecule has 0 spiro atoms. The Morgan fingerprint density at radius 3 is 2.50 bits per heavy atom. The molecule has 1 heterocycles. The zero-order valence-corrected chi connectivity index (χ0v) is 9.96. The van der Waals surface area contributed by atoms with Crippen molar-refractivity contribution in [3.8, 4) is 11.5 Å². The van der Waals surface area contributed by atoms with Gasteiger partial charge in [-0.25, -0.2) is 0 Å². The van der Waals surface area contributed by atoms with E-state index in [-0.39, 0.29) is 16.7 Å². The first kappa shape index (κ1) is 9.43. The minimum absolute atomic E-state index is 0.139. The summed E-state index contributed by atoms with van der Waals surface area (Å²) < 4.78 is 10.8. The van der Waals surface area contributed by atoms with Crippen molar-refractivity contribution in [2.45, 2.75) is 29.0 Å². The molecule has 84 valence electrons. The molecule has 1 fully saturated rings. The van der Waals surface area contributed by atoms with Crippen molar-refractivity contribution < 1.29 is 9.47 Å². The van der Waals surface area contributed by atoms with Crippen LogP contribution >= 0.6 is 23.2 Å². The summed E-state index contributed by atoms with van der Waals surface area (Å²) in [5, 5.41) is 0.306. The molecule has 1 aliphatic heterocycles. The van der Waals surface area contributed by atoms with Crippen LogP contribution in [0, 0.1) is 0 Å². The van der Waals surface area contributed by atoms with Crippen LogP contribution < -0.4 is 9.47 Å². The zero-order chi connectivity index (χ0) is 10.9. The number of ether oxygens (including phenoxy) is 2. The lowest BCUT2D eigenvalue weighted by atomic mass is 9.91. The predicted octanol–water partition coefficient (Wildman–Crippen LogP) is 3.21. The minimum Gasteiger partial charge on any atom is -0.454 e. The van der Waals surface area contributed by atoms with Crippen molar-refractivity contribution in [2.75, 3.05) is 6.79 Å². The maximum Gasteiger partial charge on any atom is 0.231 e. The van der Waals surface area contributed by atoms with Crippen LogP contribution in [0.15, 0.2) is 12.1 Å². The van der Waals surface area contributed by atoms with E-state index in [2.05, 4.69) is 12.1 Å². The third-order valence-corrected chi connectivity index (χ3v) is 4.96. The third-order valence-electron chi connectivity index (χ3n) is 3.93. The Kier molecular flexibility index (Phi) is 1.76. The highest BCUT2D eigenvalue weighted by Gasteiger charge is 2.50. The predicted molar refractivity (Wildman–Crippen MR) is 61.9 cm³/mol. The largest absolute Gasteiger partial charge is 0.454 e. The SMILES string of the molecule is ClC1CC2c3cc4c(cc3C1C2Cl)OCO4. The Balaban J connectivity index is 1.92. The van der Waals surface area contributed by atoms with Crippen LogP contribution in [0.3, 0.4) is 0 Å². The molecule has 4 heteroatoms. The lowest BCUT2D eigenvalue weighted by Crippen LogP contribution is -2.11. The Bertz CT molecular complexity index is 474. The average molecular weight is 257 g/mol. The van der Waals surface area contributed by atoms with Gasteiger partial charge in [0.05, 0.1) is 0 Å². The van der Waals surface area contributed by atoms with E-state index in [0.29, 0.717) is 12.7 Å². The van der Waals surface area contributed by atoms with Gasteiger partial charge < -0.3 is 9.47 Å². The van der Waals surface area contributed by atoms with E-state index in [1.807, 2.05) is 0 Å². The van der Waals surface area contributed by atoms with Gasteiger partial charge in [-0.3, -0.25) is 0 Å². The number of hydrogen-bond acceptors (Lipinski definition) is 2. The first-order chi connectivity index (χ1) is 7.75. The maximum atomic E-state index is 6.44. The van der Waals surface area contributed by atoms with E-state index in [1.54, 1.807) is 0 Å². The summed E-state index contributed by atoms with van der Waals surface area (Å²) in [6.45, 7) is 0.322. The second-order valence-electron chi connectivity index (χ2n) is 4.66. The van der Waals surface area contributed by atoms with Crippen molar-refractivity contribution in [1.29, 1.82) is 0 Å². The fourth-order valence-corrected chi connectivity index (χ4v) is 4.33. The molecule has 0 aromatic heterocycles. The summed E-state index contributed by atoms with van der Waals surface area (Å²) in [5.41, 5.74) is 2.58. The molecule has 0 amide bonds. The molecule has 0 N–H and O–H groups in total. The van der Waals surface area contributed by atoms with Crippen molar-refractivity contribution in [3.05, 3.63) is 23.3 Å². The van der Waals surface area contributed by atoms with Crippen LogP contribution in [0.5, 0.6) is 11.5 Å². The molecule has 0 radical (unpaired) electrons. The highest BCUT2D eigenvalue weighted by molar-refractivity contribution is 6.26. The minimum atomic E-state index is 0.139. The highest BCUT2D eigenvalue weighted by Crippen LogP contribution is 2.59. The van der Waals surface area contributed by atoms with Crippen molar-refractivity contribution >= 4 is 23.2 Å². The summed E-state index contributed by atoms with van der Waals surface area (Å²) in [7, 11) is 0. The van der Waals surface area contributed by atoms with E-state index >= 15 is 0 Å². The van der Waals surface area contributed by atoms with E-state index in [0.717, 1.165) is 17.9 Å². The number of hydrogen-bond donors (Lipinski definition) is 0. The average Bonchev–Trinajstić information content (AvgIpc) is 2.87. The lowest BCUT2D eigenvalue weighted by Gasteiger charge is -2.19. The molecule has 1 aromatic carbocycles.